The minimum Gasteiger partial charge on any atom is -0.689 e. The number of hydrogen-bond donors (Lipinski definition) is 0. The van der Waals surface area contributed by atoms with E-state index >= 15 is 0 Å². The molecule has 0 aromatic carbocycles. The average Bonchev–Trinajstić information content (AvgIpc) is 1.14. The van der Waals surface area contributed by atoms with Crippen molar-refractivity contribution in [2.45, 2.75) is 26.4 Å². The van der Waals surface area contributed by atoms with Gasteiger partial charge in [0, 0.05) is 0 Å². The van der Waals surface area contributed by atoms with Crippen LogP contribution in [-0.2, 0) is 29.0 Å². The Morgan fingerprint density at radius 1 is 1.33 bits per heavy atom. The largest absolute Gasteiger partial charge is 0.689 e. The molecule has 0 amide bonds. The van der Waals surface area contributed by atoms with E-state index in [0.29, 0.717) is 0 Å². The quantitative estimate of drug-likeness (QED) is 0.448. The van der Waals surface area contributed by atoms with Crippen molar-refractivity contribution < 1.29 is 9.42 Å². The van der Waals surface area contributed by atoms with Crippen LogP contribution in [0.25, 0.3) is 0 Å². The van der Waals surface area contributed by atoms with Gasteiger partial charge in [0.2, 0.25) is 0 Å². The predicted octanol–water partition coefficient (Wildman–Crippen LogP) is 0.933. The van der Waals surface area contributed by atoms with E-state index in [4.69, 9.17) is 4.52 Å². The summed E-state index contributed by atoms with van der Waals surface area (Å²) in [6, 6.07) is 0. The zero-order chi connectivity index (χ0) is 7.71. The van der Waals surface area contributed by atoms with Gasteiger partial charge in [0.05, 0.1) is 5.60 Å². The van der Waals surface area contributed by atoms with Crippen molar-refractivity contribution in [2.24, 2.45) is 0 Å². The minimum atomic E-state index is -3.12. The summed E-state index contributed by atoms with van der Waals surface area (Å²) < 4.78 is 4.81. The molecule has 0 heterocycles. The molecule has 0 aromatic heterocycles. The summed E-state index contributed by atoms with van der Waals surface area (Å²) in [4.78, 5) is 10.6. The molecule has 0 atom stereocenters. The maximum atomic E-state index is 10.6. The summed E-state index contributed by atoms with van der Waals surface area (Å²) >= 11 is 8.76. The molecule has 0 spiro atoms. The van der Waals surface area contributed by atoms with Crippen molar-refractivity contribution in [3.05, 3.63) is 0 Å². The summed E-state index contributed by atoms with van der Waals surface area (Å²) in [6.07, 6.45) is -3.12. The van der Waals surface area contributed by atoms with Gasteiger partial charge in [0.1, 0.15) is 0 Å². The van der Waals surface area contributed by atoms with E-state index < -0.39 is 11.7 Å². The first kappa shape index (κ1) is 10.0. The molecule has 0 unspecified atom stereocenters. The average molecular weight is 184 g/mol. The molecule has 2 nitrogen and oxygen atoms in total. The van der Waals surface area contributed by atoms with E-state index in [0.717, 1.165) is 0 Å². The Balaban J connectivity index is 3.75. The van der Waals surface area contributed by atoms with E-state index in [1.165, 1.54) is 0 Å². The van der Waals surface area contributed by atoms with Crippen molar-refractivity contribution in [1.82, 2.24) is 0 Å². The molecular formula is C4H9O2PS2-2. The fourth-order valence-corrected chi connectivity index (χ4v) is 2.35. The highest BCUT2D eigenvalue weighted by molar-refractivity contribution is 8.69. The van der Waals surface area contributed by atoms with Crippen LogP contribution in [0.15, 0.2) is 0 Å². The van der Waals surface area contributed by atoms with Gasteiger partial charge in [-0.05, 0) is 20.8 Å². The molecule has 5 heteroatoms. The van der Waals surface area contributed by atoms with Gasteiger partial charge in [-0.15, -0.1) is 0 Å². The van der Waals surface area contributed by atoms with E-state index in [1.54, 1.807) is 20.8 Å². The number of hydrogen-bond acceptors (Lipinski definition) is 4. The molecule has 0 rings (SSSR count). The molecule has 0 N–H and O–H groups in total. The molecule has 9 heavy (non-hydrogen) atoms. The smallest absolute Gasteiger partial charge is 0.0982 e. The van der Waals surface area contributed by atoms with Crippen molar-refractivity contribution in [3.63, 3.8) is 0 Å². The van der Waals surface area contributed by atoms with Crippen LogP contribution in [0.1, 0.15) is 20.8 Å². The van der Waals surface area contributed by atoms with Gasteiger partial charge >= 0.3 is 0 Å². The molecule has 0 saturated heterocycles. The van der Waals surface area contributed by atoms with Crippen LogP contribution < -0.4 is 4.89 Å². The van der Waals surface area contributed by atoms with Crippen molar-refractivity contribution >= 4 is 30.6 Å². The first-order chi connectivity index (χ1) is 3.71. The monoisotopic (exact) mass is 184 g/mol. The zero-order valence-corrected chi connectivity index (χ0v) is 8.11. The molecule has 0 bridgehead atoms. The van der Waals surface area contributed by atoms with Crippen LogP contribution in [0.3, 0.4) is 0 Å². The lowest BCUT2D eigenvalue weighted by Gasteiger charge is -2.46. The third-order valence-corrected chi connectivity index (χ3v) is 1.60. The number of rotatable bonds is 1. The second-order valence-corrected chi connectivity index (χ2v) is 7.31. The van der Waals surface area contributed by atoms with E-state index in [-0.39, 0.29) is 0 Å². The van der Waals surface area contributed by atoms with Crippen molar-refractivity contribution in [1.29, 1.82) is 0 Å². The zero-order valence-electron chi connectivity index (χ0n) is 5.58. The van der Waals surface area contributed by atoms with Crippen molar-refractivity contribution in [3.8, 4) is 0 Å². The SMILES string of the molecule is CC(C)(C)O[P+]([O-])([S-])[S-]. The summed E-state index contributed by atoms with van der Waals surface area (Å²) in [7, 11) is 0. The van der Waals surface area contributed by atoms with Crippen LogP contribution in [0.4, 0.5) is 0 Å². The Labute approximate surface area is 66.8 Å². The van der Waals surface area contributed by atoms with E-state index in [2.05, 4.69) is 24.5 Å². The highest BCUT2D eigenvalue weighted by atomic mass is 33.1. The summed E-state index contributed by atoms with van der Waals surface area (Å²) in [6.45, 7) is 5.29. The summed E-state index contributed by atoms with van der Waals surface area (Å²) in [5.41, 5.74) is -0.487. The topological polar surface area (TPSA) is 32.3 Å². The Hall–Kier alpha value is 1.05. The molecule has 0 saturated carbocycles. The lowest BCUT2D eigenvalue weighted by atomic mass is 10.2. The molecule has 0 aliphatic carbocycles. The van der Waals surface area contributed by atoms with Gasteiger partial charge in [-0.2, -0.15) is 6.12 Å². The molecular weight excluding hydrogens is 175 g/mol. The Bertz CT molecular complexity index is 81.7. The van der Waals surface area contributed by atoms with Crippen LogP contribution in [0.2, 0.25) is 0 Å². The van der Waals surface area contributed by atoms with Gasteiger partial charge in [0.15, 0.2) is 0 Å². The molecule has 56 valence electrons. The predicted molar refractivity (Wildman–Crippen MR) is 42.5 cm³/mol. The summed E-state index contributed by atoms with van der Waals surface area (Å²) in [5.74, 6) is 0. The maximum Gasteiger partial charge on any atom is 0.0982 e. The second kappa shape index (κ2) is 2.97. The highest BCUT2D eigenvalue weighted by Gasteiger charge is 2.13. The van der Waals surface area contributed by atoms with E-state index in [9.17, 15) is 4.89 Å². The normalized spacial score (nSPS) is 14.0. The third kappa shape index (κ3) is 9.05. The van der Waals surface area contributed by atoms with Crippen molar-refractivity contribution in [2.75, 3.05) is 0 Å². The Morgan fingerprint density at radius 3 is 1.67 bits per heavy atom. The third-order valence-electron chi connectivity index (χ3n) is 0.386. The van der Waals surface area contributed by atoms with Crippen LogP contribution in [0, 0.1) is 0 Å². The highest BCUT2D eigenvalue weighted by Crippen LogP contribution is 2.49. The van der Waals surface area contributed by atoms with Gasteiger partial charge in [-0.25, -0.2) is 0 Å². The lowest BCUT2D eigenvalue weighted by molar-refractivity contribution is -0.183. The molecule has 0 aliphatic heterocycles. The maximum absolute atomic E-state index is 10.6. The fraction of sp³-hybridized carbons (Fsp3) is 1.00. The van der Waals surface area contributed by atoms with Gasteiger partial charge in [-0.1, -0.05) is 0 Å². The summed E-state index contributed by atoms with van der Waals surface area (Å²) in [5, 5.41) is 0. The molecule has 0 aromatic rings. The second-order valence-electron chi connectivity index (χ2n) is 2.65. The van der Waals surface area contributed by atoms with E-state index in [1.807, 2.05) is 0 Å². The van der Waals surface area contributed by atoms with Gasteiger partial charge in [-0.3, -0.25) is 4.52 Å². The Morgan fingerprint density at radius 2 is 1.67 bits per heavy atom. The molecule has 0 fully saturated rings. The van der Waals surface area contributed by atoms with Crippen LogP contribution in [-0.4, -0.2) is 5.60 Å². The Kier molecular flexibility index (Phi) is 3.32. The molecule has 0 radical (unpaired) electrons. The first-order valence-corrected chi connectivity index (χ1v) is 6.09. The first-order valence-electron chi connectivity index (χ1n) is 2.43. The van der Waals surface area contributed by atoms with Gasteiger partial charge in [0.25, 0.3) is 0 Å². The lowest BCUT2D eigenvalue weighted by Crippen LogP contribution is -2.22. The van der Waals surface area contributed by atoms with Gasteiger partial charge < -0.3 is 29.4 Å². The van der Waals surface area contributed by atoms with Crippen LogP contribution in [0.5, 0.6) is 0 Å². The molecule has 0 aliphatic rings. The van der Waals surface area contributed by atoms with Crippen LogP contribution >= 0.6 is 6.12 Å². The minimum absolute atomic E-state index is 0.487. The fourth-order valence-electron chi connectivity index (χ4n) is 0.335. The standard InChI is InChI=1S/C4H11O2PS2/c1-4(2,3)6-7(5,8)9/h1-3H3,(H2,5,8,9)/p-2.